The fourth-order valence-corrected chi connectivity index (χ4v) is 2.39. The highest BCUT2D eigenvalue weighted by molar-refractivity contribution is 7.80. The molecule has 1 fully saturated rings. The Bertz CT molecular complexity index is 770. The van der Waals surface area contributed by atoms with Crippen molar-refractivity contribution in [2.45, 2.75) is 6.61 Å². The largest absolute Gasteiger partial charge is 0.489 e. The van der Waals surface area contributed by atoms with E-state index in [4.69, 9.17) is 28.6 Å². The van der Waals surface area contributed by atoms with Gasteiger partial charge in [0.15, 0.2) is 5.11 Å². The third-order valence-corrected chi connectivity index (χ3v) is 3.69. The van der Waals surface area contributed by atoms with Crippen LogP contribution in [0.25, 0.3) is 6.08 Å². The number of carbonyl (C=O) groups excluding carboxylic acids is 1. The number of thiocarbonyl (C=S) groups is 1. The van der Waals surface area contributed by atoms with Crippen molar-refractivity contribution in [3.05, 3.63) is 70.4 Å². The third kappa shape index (κ3) is 4.09. The topological polar surface area (TPSA) is 50.4 Å². The van der Waals surface area contributed by atoms with E-state index in [1.807, 2.05) is 48.5 Å². The van der Waals surface area contributed by atoms with Gasteiger partial charge in [-0.15, -0.1) is 0 Å². The van der Waals surface area contributed by atoms with E-state index < -0.39 is 0 Å². The molecule has 1 heterocycles. The van der Waals surface area contributed by atoms with Gasteiger partial charge in [0, 0.05) is 5.02 Å². The summed E-state index contributed by atoms with van der Waals surface area (Å²) in [5.41, 5.74) is 2.36. The third-order valence-electron chi connectivity index (χ3n) is 3.23. The first-order valence-corrected chi connectivity index (χ1v) is 7.70. The Hall–Kier alpha value is -2.37. The zero-order valence-corrected chi connectivity index (χ0v) is 13.6. The number of amides is 1. The average molecular weight is 345 g/mol. The predicted octanol–water partition coefficient (Wildman–Crippen LogP) is 3.26. The molecule has 1 saturated heterocycles. The maximum absolute atomic E-state index is 11.6. The quantitative estimate of drug-likeness (QED) is 0.660. The summed E-state index contributed by atoms with van der Waals surface area (Å²) in [5.74, 6) is 0.527. The van der Waals surface area contributed by atoms with Crippen LogP contribution in [0.3, 0.4) is 0 Å². The molecule has 1 aliphatic heterocycles. The van der Waals surface area contributed by atoms with E-state index in [0.29, 0.717) is 22.4 Å². The summed E-state index contributed by atoms with van der Waals surface area (Å²) in [6.45, 7) is 0.468. The van der Waals surface area contributed by atoms with Crippen LogP contribution in [0.1, 0.15) is 11.1 Å². The normalized spacial score (nSPS) is 15.4. The van der Waals surface area contributed by atoms with Gasteiger partial charge in [-0.2, -0.15) is 0 Å². The molecule has 2 aromatic rings. The second-order valence-corrected chi connectivity index (χ2v) is 5.80. The fraction of sp³-hybridized carbons (Fsp3) is 0.0588. The molecule has 1 amide bonds. The number of rotatable bonds is 4. The lowest BCUT2D eigenvalue weighted by Gasteiger charge is -2.07. The zero-order valence-electron chi connectivity index (χ0n) is 12.0. The van der Waals surface area contributed by atoms with Gasteiger partial charge in [-0.05, 0) is 53.7 Å². The van der Waals surface area contributed by atoms with Crippen LogP contribution in [-0.2, 0) is 11.4 Å². The van der Waals surface area contributed by atoms with E-state index in [0.717, 1.165) is 16.9 Å². The highest BCUT2D eigenvalue weighted by Gasteiger charge is 2.19. The van der Waals surface area contributed by atoms with Crippen LogP contribution >= 0.6 is 23.8 Å². The summed E-state index contributed by atoms with van der Waals surface area (Å²) in [4.78, 5) is 11.6. The first-order chi connectivity index (χ1) is 11.1. The van der Waals surface area contributed by atoms with Gasteiger partial charge in [-0.25, -0.2) is 0 Å². The molecular formula is C17H13ClN2O2S. The molecule has 2 aromatic carbocycles. The number of ether oxygens (including phenoxy) is 1. The first kappa shape index (κ1) is 15.5. The van der Waals surface area contributed by atoms with Gasteiger partial charge in [-0.3, -0.25) is 10.1 Å². The molecule has 1 aliphatic rings. The summed E-state index contributed by atoms with van der Waals surface area (Å²) in [5, 5.41) is 6.35. The monoisotopic (exact) mass is 344 g/mol. The molecule has 0 saturated carbocycles. The number of nitrogens with one attached hydrogen (secondary N) is 2. The molecule has 4 nitrogen and oxygen atoms in total. The van der Waals surface area contributed by atoms with Crippen LogP contribution < -0.4 is 15.4 Å². The Labute approximate surface area is 144 Å². The fourth-order valence-electron chi connectivity index (χ4n) is 2.06. The maximum Gasteiger partial charge on any atom is 0.273 e. The standard InChI is InChI=1S/C17H13ClN2O2S/c18-13-5-1-12(2-6-13)10-22-14-7-3-11(4-8-14)9-15-16(21)20-17(23)19-15/h1-9H,10H2,(H2,19,20,21,23)/b15-9+. The van der Waals surface area contributed by atoms with E-state index in [1.165, 1.54) is 0 Å². The Morgan fingerprint density at radius 1 is 1.04 bits per heavy atom. The lowest BCUT2D eigenvalue weighted by molar-refractivity contribution is -0.115. The summed E-state index contributed by atoms with van der Waals surface area (Å²) >= 11 is 10.7. The van der Waals surface area contributed by atoms with Crippen molar-refractivity contribution in [3.63, 3.8) is 0 Å². The molecule has 6 heteroatoms. The van der Waals surface area contributed by atoms with E-state index in [1.54, 1.807) is 6.08 Å². The van der Waals surface area contributed by atoms with Crippen LogP contribution in [0.5, 0.6) is 5.75 Å². The van der Waals surface area contributed by atoms with Crippen LogP contribution in [0, 0.1) is 0 Å². The van der Waals surface area contributed by atoms with E-state index in [2.05, 4.69) is 10.6 Å². The van der Waals surface area contributed by atoms with Gasteiger partial charge in [-0.1, -0.05) is 35.9 Å². The predicted molar refractivity (Wildman–Crippen MR) is 94.1 cm³/mol. The molecule has 0 radical (unpaired) electrons. The van der Waals surface area contributed by atoms with E-state index in [-0.39, 0.29) is 5.91 Å². The number of carbonyl (C=O) groups is 1. The Morgan fingerprint density at radius 2 is 1.74 bits per heavy atom. The van der Waals surface area contributed by atoms with E-state index in [9.17, 15) is 4.79 Å². The van der Waals surface area contributed by atoms with Gasteiger partial charge < -0.3 is 10.1 Å². The molecule has 0 unspecified atom stereocenters. The van der Waals surface area contributed by atoms with E-state index >= 15 is 0 Å². The van der Waals surface area contributed by atoms with Gasteiger partial charge >= 0.3 is 0 Å². The van der Waals surface area contributed by atoms with Crippen molar-refractivity contribution in [1.82, 2.24) is 10.6 Å². The van der Waals surface area contributed by atoms with Gasteiger partial charge in [0.25, 0.3) is 5.91 Å². The van der Waals surface area contributed by atoms with Crippen molar-refractivity contribution in [3.8, 4) is 5.75 Å². The number of hydrogen-bond donors (Lipinski definition) is 2. The van der Waals surface area contributed by atoms with Gasteiger partial charge in [0.05, 0.1) is 0 Å². The molecule has 2 N–H and O–H groups in total. The maximum atomic E-state index is 11.6. The molecule has 0 aromatic heterocycles. The van der Waals surface area contributed by atoms with Crippen molar-refractivity contribution in [2.75, 3.05) is 0 Å². The number of hydrogen-bond acceptors (Lipinski definition) is 3. The van der Waals surface area contributed by atoms with Crippen molar-refractivity contribution < 1.29 is 9.53 Å². The highest BCUT2D eigenvalue weighted by atomic mass is 35.5. The SMILES string of the molecule is O=C1NC(=S)N/C1=C/c1ccc(OCc2ccc(Cl)cc2)cc1. The van der Waals surface area contributed by atoms with Gasteiger partial charge in [0.2, 0.25) is 0 Å². The van der Waals surface area contributed by atoms with Crippen LogP contribution in [-0.4, -0.2) is 11.0 Å². The van der Waals surface area contributed by atoms with Gasteiger partial charge in [0.1, 0.15) is 18.1 Å². The average Bonchev–Trinajstić information content (AvgIpc) is 2.86. The Morgan fingerprint density at radius 3 is 2.35 bits per heavy atom. The minimum absolute atomic E-state index is 0.224. The zero-order chi connectivity index (χ0) is 16.2. The second-order valence-electron chi connectivity index (χ2n) is 4.95. The lowest BCUT2D eigenvalue weighted by atomic mass is 10.2. The number of halogens is 1. The molecule has 3 rings (SSSR count). The molecule has 116 valence electrons. The van der Waals surface area contributed by atoms with Crippen molar-refractivity contribution in [1.29, 1.82) is 0 Å². The second kappa shape index (κ2) is 6.81. The minimum Gasteiger partial charge on any atom is -0.489 e. The smallest absolute Gasteiger partial charge is 0.273 e. The number of benzene rings is 2. The molecule has 0 spiro atoms. The lowest BCUT2D eigenvalue weighted by Crippen LogP contribution is -2.21. The summed E-state index contributed by atoms with van der Waals surface area (Å²) in [6, 6.07) is 15.0. The van der Waals surface area contributed by atoms with Crippen LogP contribution in [0.2, 0.25) is 5.02 Å². The summed E-state index contributed by atoms with van der Waals surface area (Å²) < 4.78 is 5.72. The molecule has 0 aliphatic carbocycles. The van der Waals surface area contributed by atoms with Crippen molar-refractivity contribution in [2.24, 2.45) is 0 Å². The summed E-state index contributed by atoms with van der Waals surface area (Å²) in [6.07, 6.45) is 1.73. The highest BCUT2D eigenvalue weighted by Crippen LogP contribution is 2.17. The molecular weight excluding hydrogens is 332 g/mol. The van der Waals surface area contributed by atoms with Crippen LogP contribution in [0.4, 0.5) is 0 Å². The minimum atomic E-state index is -0.224. The van der Waals surface area contributed by atoms with Crippen LogP contribution in [0.15, 0.2) is 54.2 Å². The molecule has 0 bridgehead atoms. The Kier molecular flexibility index (Phi) is 4.60. The molecule has 0 atom stereocenters. The molecule has 23 heavy (non-hydrogen) atoms. The summed E-state index contributed by atoms with van der Waals surface area (Å²) in [7, 11) is 0. The first-order valence-electron chi connectivity index (χ1n) is 6.91. The van der Waals surface area contributed by atoms with Crippen molar-refractivity contribution >= 4 is 40.9 Å². The Balaban J connectivity index is 1.63.